The van der Waals surface area contributed by atoms with Crippen molar-refractivity contribution in [1.82, 2.24) is 5.32 Å². The first-order valence-corrected chi connectivity index (χ1v) is 6.30. The lowest BCUT2D eigenvalue weighted by molar-refractivity contribution is -0.120. The fraction of sp³-hybridized carbons (Fsp3) is 0.188. The van der Waals surface area contributed by atoms with Gasteiger partial charge < -0.3 is 11.1 Å². The summed E-state index contributed by atoms with van der Waals surface area (Å²) in [6.07, 6.45) is 0.412. The molecular weight excluding hydrogens is 236 g/mol. The number of nitrogens with one attached hydrogen (secondary N) is 1. The summed E-state index contributed by atoms with van der Waals surface area (Å²) in [5.74, 6) is 0.0284. The molecule has 0 aromatic heterocycles. The smallest absolute Gasteiger partial charge is 0.224 e. The topological polar surface area (TPSA) is 55.1 Å². The Bertz CT molecular complexity index is 544. The van der Waals surface area contributed by atoms with Gasteiger partial charge in [-0.15, -0.1) is 0 Å². The van der Waals surface area contributed by atoms with Crippen LogP contribution in [-0.4, -0.2) is 5.91 Å². The highest BCUT2D eigenvalue weighted by molar-refractivity contribution is 5.78. The largest absolute Gasteiger partial charge is 0.399 e. The summed E-state index contributed by atoms with van der Waals surface area (Å²) >= 11 is 0. The Kier molecular flexibility index (Phi) is 4.18. The molecule has 0 atom stereocenters. The van der Waals surface area contributed by atoms with Crippen LogP contribution in [0.2, 0.25) is 0 Å². The van der Waals surface area contributed by atoms with Crippen molar-refractivity contribution in [2.45, 2.75) is 19.9 Å². The quantitative estimate of drug-likeness (QED) is 0.823. The van der Waals surface area contributed by atoms with Crippen LogP contribution in [0.25, 0.3) is 0 Å². The van der Waals surface area contributed by atoms with E-state index in [0.29, 0.717) is 13.0 Å². The van der Waals surface area contributed by atoms with Crippen LogP contribution in [0.5, 0.6) is 0 Å². The molecule has 0 fully saturated rings. The maximum atomic E-state index is 11.8. The van der Waals surface area contributed by atoms with Crippen molar-refractivity contribution in [3.63, 3.8) is 0 Å². The van der Waals surface area contributed by atoms with Crippen LogP contribution >= 0.6 is 0 Å². The molecule has 2 rings (SSSR count). The molecule has 0 aliphatic heterocycles. The molecule has 0 aliphatic rings. The summed E-state index contributed by atoms with van der Waals surface area (Å²) in [6, 6.07) is 15.5. The van der Waals surface area contributed by atoms with E-state index < -0.39 is 0 Å². The first-order valence-electron chi connectivity index (χ1n) is 6.30. The summed E-state index contributed by atoms with van der Waals surface area (Å²) in [4.78, 5) is 11.8. The number of hydrogen-bond donors (Lipinski definition) is 2. The molecule has 3 heteroatoms. The minimum absolute atomic E-state index is 0.0284. The van der Waals surface area contributed by atoms with Gasteiger partial charge in [0.2, 0.25) is 5.91 Å². The van der Waals surface area contributed by atoms with Gasteiger partial charge in [0.15, 0.2) is 0 Å². The van der Waals surface area contributed by atoms with Crippen molar-refractivity contribution in [3.05, 3.63) is 65.2 Å². The van der Waals surface area contributed by atoms with Crippen molar-refractivity contribution in [3.8, 4) is 0 Å². The van der Waals surface area contributed by atoms with Gasteiger partial charge in [-0.3, -0.25) is 4.79 Å². The monoisotopic (exact) mass is 254 g/mol. The Balaban J connectivity index is 1.84. The number of nitrogens with two attached hydrogens (primary N) is 1. The van der Waals surface area contributed by atoms with Crippen molar-refractivity contribution in [2.75, 3.05) is 5.73 Å². The van der Waals surface area contributed by atoms with Gasteiger partial charge in [-0.25, -0.2) is 0 Å². The van der Waals surface area contributed by atoms with Crippen LogP contribution in [0, 0.1) is 6.92 Å². The van der Waals surface area contributed by atoms with E-state index >= 15 is 0 Å². The third-order valence-electron chi connectivity index (χ3n) is 2.95. The van der Waals surface area contributed by atoms with Crippen LogP contribution in [0.3, 0.4) is 0 Å². The maximum Gasteiger partial charge on any atom is 0.224 e. The Morgan fingerprint density at radius 3 is 2.21 bits per heavy atom. The second kappa shape index (κ2) is 6.05. The van der Waals surface area contributed by atoms with Gasteiger partial charge in [0, 0.05) is 12.2 Å². The minimum Gasteiger partial charge on any atom is -0.399 e. The summed E-state index contributed by atoms with van der Waals surface area (Å²) in [5.41, 5.74) is 9.62. The zero-order valence-electron chi connectivity index (χ0n) is 11.0. The van der Waals surface area contributed by atoms with Crippen LogP contribution in [0.15, 0.2) is 48.5 Å². The van der Waals surface area contributed by atoms with Gasteiger partial charge in [-0.2, -0.15) is 0 Å². The van der Waals surface area contributed by atoms with E-state index in [1.165, 1.54) is 5.56 Å². The second-order valence-electron chi connectivity index (χ2n) is 4.68. The lowest BCUT2D eigenvalue weighted by Crippen LogP contribution is -2.24. The third-order valence-corrected chi connectivity index (χ3v) is 2.95. The lowest BCUT2D eigenvalue weighted by Gasteiger charge is -2.06. The van der Waals surface area contributed by atoms with E-state index in [4.69, 9.17) is 5.73 Å². The fourth-order valence-electron chi connectivity index (χ4n) is 1.79. The van der Waals surface area contributed by atoms with Crippen LogP contribution in [-0.2, 0) is 17.8 Å². The van der Waals surface area contributed by atoms with Crippen molar-refractivity contribution in [1.29, 1.82) is 0 Å². The Hall–Kier alpha value is -2.29. The number of anilines is 1. The molecule has 0 aliphatic carbocycles. The molecule has 0 unspecified atom stereocenters. The predicted molar refractivity (Wildman–Crippen MR) is 77.6 cm³/mol. The molecule has 0 spiro atoms. The Morgan fingerprint density at radius 1 is 1.00 bits per heavy atom. The van der Waals surface area contributed by atoms with Gasteiger partial charge in [0.05, 0.1) is 6.42 Å². The van der Waals surface area contributed by atoms with Gasteiger partial charge in [0.1, 0.15) is 0 Å². The Morgan fingerprint density at radius 2 is 1.58 bits per heavy atom. The number of amides is 1. The summed E-state index contributed by atoms with van der Waals surface area (Å²) in [6.45, 7) is 2.57. The minimum atomic E-state index is 0.0284. The number of carbonyl (C=O) groups excluding carboxylic acids is 1. The van der Waals surface area contributed by atoms with Crippen molar-refractivity contribution < 1.29 is 4.79 Å². The first-order chi connectivity index (χ1) is 9.13. The van der Waals surface area contributed by atoms with E-state index in [1.54, 1.807) is 0 Å². The van der Waals surface area contributed by atoms with Crippen LogP contribution in [0.1, 0.15) is 16.7 Å². The number of aryl methyl sites for hydroxylation is 1. The SMILES string of the molecule is Cc1ccc(CC(=O)NCc2ccc(N)cc2)cc1. The lowest BCUT2D eigenvalue weighted by atomic mass is 10.1. The molecule has 0 heterocycles. The fourth-order valence-corrected chi connectivity index (χ4v) is 1.79. The molecule has 0 bridgehead atoms. The van der Waals surface area contributed by atoms with E-state index in [0.717, 1.165) is 16.8 Å². The van der Waals surface area contributed by atoms with Gasteiger partial charge in [-0.05, 0) is 30.2 Å². The maximum absolute atomic E-state index is 11.8. The van der Waals surface area contributed by atoms with E-state index in [2.05, 4.69) is 5.32 Å². The standard InChI is InChI=1S/C16H18N2O/c1-12-2-4-13(5-3-12)10-16(19)18-11-14-6-8-15(17)9-7-14/h2-9H,10-11,17H2,1H3,(H,18,19). The molecule has 3 nitrogen and oxygen atoms in total. The average Bonchev–Trinajstić information content (AvgIpc) is 2.41. The van der Waals surface area contributed by atoms with E-state index in [9.17, 15) is 4.79 Å². The molecule has 98 valence electrons. The number of nitrogen functional groups attached to an aromatic ring is 1. The van der Waals surface area contributed by atoms with Crippen molar-refractivity contribution >= 4 is 11.6 Å². The highest BCUT2D eigenvalue weighted by Crippen LogP contribution is 2.06. The summed E-state index contributed by atoms with van der Waals surface area (Å²) in [7, 11) is 0. The second-order valence-corrected chi connectivity index (χ2v) is 4.68. The predicted octanol–water partition coefficient (Wildman–Crippen LogP) is 2.44. The zero-order valence-corrected chi connectivity index (χ0v) is 11.0. The average molecular weight is 254 g/mol. The molecule has 19 heavy (non-hydrogen) atoms. The molecular formula is C16H18N2O. The van der Waals surface area contributed by atoms with Crippen LogP contribution in [0.4, 0.5) is 5.69 Å². The highest BCUT2D eigenvalue weighted by atomic mass is 16.1. The molecule has 2 aromatic carbocycles. The number of rotatable bonds is 4. The molecule has 0 radical (unpaired) electrons. The van der Waals surface area contributed by atoms with E-state index in [1.807, 2.05) is 55.5 Å². The third kappa shape index (κ3) is 4.14. The number of benzene rings is 2. The molecule has 2 aromatic rings. The number of hydrogen-bond acceptors (Lipinski definition) is 2. The molecule has 0 saturated carbocycles. The van der Waals surface area contributed by atoms with Gasteiger partial charge in [-0.1, -0.05) is 42.0 Å². The summed E-state index contributed by atoms with van der Waals surface area (Å²) < 4.78 is 0. The summed E-state index contributed by atoms with van der Waals surface area (Å²) in [5, 5.41) is 2.90. The zero-order chi connectivity index (χ0) is 13.7. The van der Waals surface area contributed by atoms with Crippen LogP contribution < -0.4 is 11.1 Å². The number of carbonyl (C=O) groups is 1. The highest BCUT2D eigenvalue weighted by Gasteiger charge is 2.03. The van der Waals surface area contributed by atoms with Gasteiger partial charge in [0.25, 0.3) is 0 Å². The van der Waals surface area contributed by atoms with Gasteiger partial charge >= 0.3 is 0 Å². The normalized spacial score (nSPS) is 10.2. The first kappa shape index (κ1) is 13.1. The van der Waals surface area contributed by atoms with E-state index in [-0.39, 0.29) is 5.91 Å². The molecule has 1 amide bonds. The van der Waals surface area contributed by atoms with Crippen molar-refractivity contribution in [2.24, 2.45) is 0 Å². The molecule has 0 saturated heterocycles. The Labute approximate surface area is 113 Å². The molecule has 3 N–H and O–H groups in total.